The van der Waals surface area contributed by atoms with Crippen molar-refractivity contribution < 1.29 is 19.4 Å². The van der Waals surface area contributed by atoms with Crippen molar-refractivity contribution in [3.63, 3.8) is 0 Å². The molecule has 1 unspecified atom stereocenters. The molecule has 7 nitrogen and oxygen atoms in total. The number of aliphatic imine (C=N–C) groups is 1. The number of benzene rings is 3. The molecular weight excluding hydrogens is 418 g/mol. The molecule has 168 valence electrons. The molecule has 3 N–H and O–H groups in total. The fourth-order valence-electron chi connectivity index (χ4n) is 3.84. The molecule has 0 aromatic heterocycles. The minimum absolute atomic E-state index is 0.179. The molecule has 4 rings (SSSR count). The van der Waals surface area contributed by atoms with Gasteiger partial charge in [0.25, 0.3) is 12.5 Å². The van der Waals surface area contributed by atoms with E-state index in [-0.39, 0.29) is 12.5 Å². The third kappa shape index (κ3) is 4.96. The van der Waals surface area contributed by atoms with Gasteiger partial charge in [-0.25, -0.2) is 4.99 Å². The lowest BCUT2D eigenvalue weighted by molar-refractivity contribution is -0.122. The molecule has 0 saturated heterocycles. The highest BCUT2D eigenvalue weighted by atomic mass is 16.5. The van der Waals surface area contributed by atoms with Gasteiger partial charge in [0.2, 0.25) is 0 Å². The Bertz CT molecular complexity index is 1220. The van der Waals surface area contributed by atoms with Crippen LogP contribution in [0.3, 0.4) is 0 Å². The van der Waals surface area contributed by atoms with Gasteiger partial charge in [0.15, 0.2) is 5.54 Å². The average Bonchev–Trinajstić information content (AvgIpc) is 3.24. The van der Waals surface area contributed by atoms with E-state index in [0.29, 0.717) is 18.8 Å². The zero-order valence-electron chi connectivity index (χ0n) is 18.5. The molecule has 1 aliphatic heterocycles. The summed E-state index contributed by atoms with van der Waals surface area (Å²) in [5.41, 5.74) is 10.8. The molecule has 0 fully saturated rings. The molecule has 1 atom stereocenters. The van der Waals surface area contributed by atoms with Crippen LogP contribution in [0.5, 0.6) is 5.75 Å². The van der Waals surface area contributed by atoms with Gasteiger partial charge in [-0.1, -0.05) is 36.4 Å². The minimum Gasteiger partial charge on any atom is -0.494 e. The summed E-state index contributed by atoms with van der Waals surface area (Å²) in [5, 5.41) is 16.1. The largest absolute Gasteiger partial charge is 0.494 e. The first-order valence-corrected chi connectivity index (χ1v) is 10.4. The Balaban J connectivity index is 0.000000968. The van der Waals surface area contributed by atoms with Crippen molar-refractivity contribution in [2.75, 3.05) is 13.2 Å². The Labute approximate surface area is 192 Å². The summed E-state index contributed by atoms with van der Waals surface area (Å²) in [6, 6.07) is 24.2. The second-order valence-electron chi connectivity index (χ2n) is 7.39. The van der Waals surface area contributed by atoms with E-state index in [0.717, 1.165) is 33.6 Å². The van der Waals surface area contributed by atoms with Crippen LogP contribution in [0, 0.1) is 18.3 Å². The summed E-state index contributed by atoms with van der Waals surface area (Å²) in [4.78, 5) is 13.1. The summed E-state index contributed by atoms with van der Waals surface area (Å²) in [5.74, 6) is 0.856. The third-order valence-electron chi connectivity index (χ3n) is 5.35. The number of carboxylic acid groups (broad SMARTS) is 1. The Hall–Kier alpha value is -4.31. The van der Waals surface area contributed by atoms with E-state index in [2.05, 4.69) is 18.2 Å². The van der Waals surface area contributed by atoms with Crippen LogP contribution in [0.1, 0.15) is 29.2 Å². The summed E-state index contributed by atoms with van der Waals surface area (Å²) in [6.45, 7) is 4.68. The number of hydrogen-bond donors (Lipinski definition) is 2. The van der Waals surface area contributed by atoms with Crippen LogP contribution in [-0.4, -0.2) is 30.8 Å². The number of hydrogen-bond acceptors (Lipinski definition) is 6. The molecule has 0 saturated carbocycles. The maximum absolute atomic E-state index is 9.23. The van der Waals surface area contributed by atoms with Crippen LogP contribution in [0.4, 0.5) is 0 Å². The van der Waals surface area contributed by atoms with Crippen molar-refractivity contribution in [3.8, 4) is 22.9 Å². The quantitative estimate of drug-likeness (QED) is 0.570. The van der Waals surface area contributed by atoms with Gasteiger partial charge >= 0.3 is 0 Å². The lowest BCUT2D eigenvalue weighted by atomic mass is 9.82. The number of nitriles is 1. The van der Waals surface area contributed by atoms with Crippen molar-refractivity contribution in [1.82, 2.24) is 0 Å². The van der Waals surface area contributed by atoms with E-state index in [1.54, 1.807) is 6.07 Å². The van der Waals surface area contributed by atoms with Crippen LogP contribution < -0.4 is 10.5 Å². The Kier molecular flexibility index (Phi) is 7.31. The molecule has 0 amide bonds. The Morgan fingerprint density at radius 1 is 1.15 bits per heavy atom. The van der Waals surface area contributed by atoms with Gasteiger partial charge in [-0.2, -0.15) is 5.26 Å². The molecule has 0 spiro atoms. The first-order chi connectivity index (χ1) is 16.0. The topological polar surface area (TPSA) is 118 Å². The number of ether oxygens (including phenoxy) is 2. The van der Waals surface area contributed by atoms with E-state index in [1.165, 1.54) is 0 Å². The van der Waals surface area contributed by atoms with Gasteiger partial charge in [-0.15, -0.1) is 0 Å². The first kappa shape index (κ1) is 23.4. The van der Waals surface area contributed by atoms with Crippen molar-refractivity contribution in [3.05, 3.63) is 89.0 Å². The minimum atomic E-state index is -0.734. The zero-order chi connectivity index (χ0) is 23.8. The molecule has 0 radical (unpaired) electrons. The summed E-state index contributed by atoms with van der Waals surface area (Å²) in [7, 11) is 0. The van der Waals surface area contributed by atoms with Gasteiger partial charge < -0.3 is 20.3 Å². The van der Waals surface area contributed by atoms with E-state index in [4.69, 9.17) is 30.1 Å². The van der Waals surface area contributed by atoms with Gasteiger partial charge in [0.05, 0.1) is 18.2 Å². The Morgan fingerprint density at radius 2 is 1.82 bits per heavy atom. The molecule has 1 aliphatic rings. The van der Waals surface area contributed by atoms with Crippen LogP contribution in [0.15, 0.2) is 71.7 Å². The second-order valence-corrected chi connectivity index (χ2v) is 7.39. The summed E-state index contributed by atoms with van der Waals surface area (Å²) < 4.78 is 11.3. The maximum atomic E-state index is 9.23. The fraction of sp³-hybridized carbons (Fsp3) is 0.192. The number of amidine groups is 1. The second kappa shape index (κ2) is 10.3. The highest BCUT2D eigenvalue weighted by Crippen LogP contribution is 2.40. The van der Waals surface area contributed by atoms with Gasteiger partial charge in [0, 0.05) is 0 Å². The maximum Gasteiger partial charge on any atom is 0.290 e. The van der Waals surface area contributed by atoms with E-state index < -0.39 is 5.54 Å². The van der Waals surface area contributed by atoms with Crippen molar-refractivity contribution >= 4 is 12.5 Å². The standard InChI is InChI=1S/C25H23N3O2.CH2O2/c1-3-29-23-11-10-22(12-17(23)2)25(16-30-24(27)28-25)21-9-5-8-20(14-21)19-7-4-6-18(13-19)15-26;2-1-3/h4-14H,3,16H2,1-2H3,(H2,27,28);1H,(H,2,3). The number of rotatable bonds is 5. The predicted molar refractivity (Wildman–Crippen MR) is 126 cm³/mol. The van der Waals surface area contributed by atoms with Crippen LogP contribution in [0.2, 0.25) is 0 Å². The normalized spacial score (nSPS) is 16.5. The zero-order valence-corrected chi connectivity index (χ0v) is 18.5. The number of carbonyl (C=O) groups is 1. The monoisotopic (exact) mass is 443 g/mol. The summed E-state index contributed by atoms with van der Waals surface area (Å²) >= 11 is 0. The number of aryl methyl sites for hydroxylation is 1. The fourth-order valence-corrected chi connectivity index (χ4v) is 3.84. The summed E-state index contributed by atoms with van der Waals surface area (Å²) in [6.07, 6.45) is 0. The molecule has 3 aromatic carbocycles. The lowest BCUT2D eigenvalue weighted by Gasteiger charge is -2.26. The molecule has 33 heavy (non-hydrogen) atoms. The third-order valence-corrected chi connectivity index (χ3v) is 5.35. The van der Waals surface area contributed by atoms with E-state index in [1.807, 2.05) is 62.4 Å². The van der Waals surface area contributed by atoms with Crippen LogP contribution >= 0.6 is 0 Å². The molecule has 3 aromatic rings. The van der Waals surface area contributed by atoms with Crippen molar-refractivity contribution in [2.24, 2.45) is 10.7 Å². The van der Waals surface area contributed by atoms with Gasteiger partial charge in [-0.3, -0.25) is 4.79 Å². The van der Waals surface area contributed by atoms with E-state index in [9.17, 15) is 5.26 Å². The van der Waals surface area contributed by atoms with Crippen molar-refractivity contribution in [2.45, 2.75) is 19.4 Å². The van der Waals surface area contributed by atoms with E-state index >= 15 is 0 Å². The van der Waals surface area contributed by atoms with Crippen LogP contribution in [-0.2, 0) is 15.1 Å². The SMILES string of the molecule is CCOc1ccc(C2(c3cccc(-c4cccc(C#N)c4)c3)COC(N)=N2)cc1C.O=CO. The molecule has 7 heteroatoms. The number of nitrogens with zero attached hydrogens (tertiary/aromatic N) is 2. The van der Waals surface area contributed by atoms with Crippen LogP contribution in [0.25, 0.3) is 11.1 Å². The highest BCUT2D eigenvalue weighted by Gasteiger charge is 2.40. The van der Waals surface area contributed by atoms with Gasteiger partial charge in [0.1, 0.15) is 12.4 Å². The van der Waals surface area contributed by atoms with Gasteiger partial charge in [-0.05, 0) is 72.0 Å². The first-order valence-electron chi connectivity index (χ1n) is 10.4. The highest BCUT2D eigenvalue weighted by molar-refractivity contribution is 5.76. The molecule has 0 bridgehead atoms. The predicted octanol–water partition coefficient (Wildman–Crippen LogP) is 4.22. The average molecular weight is 444 g/mol. The molecule has 1 heterocycles. The molecule has 0 aliphatic carbocycles. The van der Waals surface area contributed by atoms with Crippen molar-refractivity contribution in [1.29, 1.82) is 5.26 Å². The lowest BCUT2D eigenvalue weighted by Crippen LogP contribution is -2.27. The molecular formula is C26H25N3O4. The number of nitrogens with two attached hydrogens (primary N) is 1. The smallest absolute Gasteiger partial charge is 0.290 e. The Morgan fingerprint density at radius 3 is 2.42 bits per heavy atom.